The lowest BCUT2D eigenvalue weighted by molar-refractivity contribution is 0.146. The number of hydrogen-bond donors (Lipinski definition) is 1. The summed E-state index contributed by atoms with van der Waals surface area (Å²) in [5.41, 5.74) is 1.30. The molecule has 2 aromatic carbocycles. The lowest BCUT2D eigenvalue weighted by atomic mass is 10.2. The van der Waals surface area contributed by atoms with E-state index in [-0.39, 0.29) is 11.1 Å². The summed E-state index contributed by atoms with van der Waals surface area (Å²) in [5.74, 6) is 1.39. The second kappa shape index (κ2) is 9.45. The molecule has 0 radical (unpaired) electrons. The number of nitrogens with zero attached hydrogens (tertiary/aromatic N) is 2. The van der Waals surface area contributed by atoms with Crippen molar-refractivity contribution < 1.29 is 18.6 Å². The summed E-state index contributed by atoms with van der Waals surface area (Å²) in [6.45, 7) is 0.911. The maximum absolute atomic E-state index is 13.5. The van der Waals surface area contributed by atoms with E-state index in [2.05, 4.69) is 15.3 Å². The summed E-state index contributed by atoms with van der Waals surface area (Å²) in [7, 11) is 1.63. The van der Waals surface area contributed by atoms with Gasteiger partial charge in [-0.3, -0.25) is 0 Å². The first-order chi connectivity index (χ1) is 14.6. The van der Waals surface area contributed by atoms with Crippen molar-refractivity contribution in [2.24, 2.45) is 0 Å². The third kappa shape index (κ3) is 4.74. The maximum atomic E-state index is 13.5. The standard InChI is InChI=1S/C22H23ClFN3O3/c1-28-8-9-29-16-11-19-21(20(12-16)30-15-4-2-3-5-15)22(26-13-25-19)27-14-6-7-18(24)17(23)10-14/h6-7,10-13,15H,2-5,8-9H2,1H3,(H,25,26,27). The van der Waals surface area contributed by atoms with Crippen LogP contribution < -0.4 is 14.8 Å². The molecule has 158 valence electrons. The van der Waals surface area contributed by atoms with Crippen LogP contribution in [0.4, 0.5) is 15.9 Å². The highest BCUT2D eigenvalue weighted by atomic mass is 35.5. The molecule has 1 aromatic heterocycles. The number of ether oxygens (including phenoxy) is 3. The fraction of sp³-hybridized carbons (Fsp3) is 0.364. The van der Waals surface area contributed by atoms with E-state index in [1.165, 1.54) is 18.5 Å². The first-order valence-corrected chi connectivity index (χ1v) is 10.3. The van der Waals surface area contributed by atoms with Gasteiger partial charge in [0, 0.05) is 24.9 Å². The molecule has 4 rings (SSSR count). The molecule has 1 fully saturated rings. The van der Waals surface area contributed by atoms with Crippen molar-refractivity contribution >= 4 is 34.0 Å². The molecule has 0 saturated heterocycles. The van der Waals surface area contributed by atoms with Gasteiger partial charge in [-0.1, -0.05) is 11.6 Å². The summed E-state index contributed by atoms with van der Waals surface area (Å²) in [4.78, 5) is 8.81. The molecule has 1 N–H and O–H groups in total. The molecule has 0 bridgehead atoms. The van der Waals surface area contributed by atoms with Crippen LogP contribution in [0.3, 0.4) is 0 Å². The lowest BCUT2D eigenvalue weighted by Crippen LogP contribution is -2.12. The van der Waals surface area contributed by atoms with Crippen molar-refractivity contribution in [3.8, 4) is 11.5 Å². The molecule has 1 heterocycles. The number of hydrogen-bond acceptors (Lipinski definition) is 6. The Bertz CT molecular complexity index is 1030. The number of fused-ring (bicyclic) bond motifs is 1. The number of benzene rings is 2. The Morgan fingerprint density at radius 1 is 1.13 bits per heavy atom. The highest BCUT2D eigenvalue weighted by Crippen LogP contribution is 2.38. The van der Waals surface area contributed by atoms with E-state index in [1.54, 1.807) is 13.2 Å². The number of methoxy groups -OCH3 is 1. The van der Waals surface area contributed by atoms with E-state index < -0.39 is 5.82 Å². The quantitative estimate of drug-likeness (QED) is 0.474. The van der Waals surface area contributed by atoms with E-state index in [0.717, 1.165) is 31.1 Å². The Hall–Kier alpha value is -2.64. The van der Waals surface area contributed by atoms with E-state index in [9.17, 15) is 4.39 Å². The van der Waals surface area contributed by atoms with Gasteiger partial charge in [-0.05, 0) is 43.9 Å². The van der Waals surface area contributed by atoms with Crippen LogP contribution in [-0.2, 0) is 4.74 Å². The van der Waals surface area contributed by atoms with Crippen molar-refractivity contribution in [1.82, 2.24) is 9.97 Å². The second-order valence-electron chi connectivity index (χ2n) is 7.16. The predicted molar refractivity (Wildman–Crippen MR) is 114 cm³/mol. The van der Waals surface area contributed by atoms with E-state index >= 15 is 0 Å². The van der Waals surface area contributed by atoms with Crippen LogP contribution in [0.5, 0.6) is 11.5 Å². The molecule has 0 unspecified atom stereocenters. The third-order valence-corrected chi connectivity index (χ3v) is 5.30. The molecular weight excluding hydrogens is 409 g/mol. The normalized spacial score (nSPS) is 14.2. The zero-order valence-electron chi connectivity index (χ0n) is 16.7. The molecular formula is C22H23ClFN3O3. The Labute approximate surface area is 179 Å². The minimum Gasteiger partial charge on any atom is -0.491 e. The van der Waals surface area contributed by atoms with Gasteiger partial charge < -0.3 is 19.5 Å². The van der Waals surface area contributed by atoms with E-state index in [1.807, 2.05) is 12.1 Å². The van der Waals surface area contributed by atoms with Crippen LogP contribution in [0.1, 0.15) is 25.7 Å². The van der Waals surface area contributed by atoms with Gasteiger partial charge in [-0.2, -0.15) is 0 Å². The first kappa shape index (κ1) is 20.6. The highest BCUT2D eigenvalue weighted by molar-refractivity contribution is 6.31. The number of aromatic nitrogens is 2. The van der Waals surface area contributed by atoms with Gasteiger partial charge in [0.1, 0.15) is 36.1 Å². The Morgan fingerprint density at radius 2 is 1.97 bits per heavy atom. The van der Waals surface area contributed by atoms with Gasteiger partial charge in [-0.15, -0.1) is 0 Å². The monoisotopic (exact) mass is 431 g/mol. The molecule has 0 amide bonds. The summed E-state index contributed by atoms with van der Waals surface area (Å²) in [5, 5.41) is 3.99. The van der Waals surface area contributed by atoms with Crippen molar-refractivity contribution in [3.05, 3.63) is 47.5 Å². The van der Waals surface area contributed by atoms with Crippen molar-refractivity contribution in [3.63, 3.8) is 0 Å². The molecule has 1 aliphatic carbocycles. The largest absolute Gasteiger partial charge is 0.491 e. The molecule has 0 spiro atoms. The molecule has 3 aromatic rings. The number of anilines is 2. The number of halogens is 2. The molecule has 1 saturated carbocycles. The maximum Gasteiger partial charge on any atom is 0.145 e. The van der Waals surface area contributed by atoms with Gasteiger partial charge in [0.2, 0.25) is 0 Å². The van der Waals surface area contributed by atoms with Gasteiger partial charge >= 0.3 is 0 Å². The molecule has 1 aliphatic rings. The van der Waals surface area contributed by atoms with Crippen molar-refractivity contribution in [2.45, 2.75) is 31.8 Å². The van der Waals surface area contributed by atoms with Gasteiger partial charge in [0.05, 0.1) is 28.6 Å². The first-order valence-electron chi connectivity index (χ1n) is 9.93. The van der Waals surface area contributed by atoms with Crippen LogP contribution in [0.25, 0.3) is 10.9 Å². The van der Waals surface area contributed by atoms with Crippen LogP contribution in [-0.4, -0.2) is 36.4 Å². The Kier molecular flexibility index (Phi) is 6.50. The van der Waals surface area contributed by atoms with Crippen LogP contribution in [0.15, 0.2) is 36.7 Å². The minimum atomic E-state index is -0.474. The summed E-state index contributed by atoms with van der Waals surface area (Å²) in [6.07, 6.45) is 5.95. The zero-order valence-corrected chi connectivity index (χ0v) is 17.4. The van der Waals surface area contributed by atoms with E-state index in [4.69, 9.17) is 25.8 Å². The average Bonchev–Trinajstić information content (AvgIpc) is 3.24. The van der Waals surface area contributed by atoms with Crippen molar-refractivity contribution in [1.29, 1.82) is 0 Å². The number of nitrogens with one attached hydrogen (secondary N) is 1. The van der Waals surface area contributed by atoms with Crippen LogP contribution in [0.2, 0.25) is 5.02 Å². The zero-order chi connectivity index (χ0) is 20.9. The van der Waals surface area contributed by atoms with Gasteiger partial charge in [0.25, 0.3) is 0 Å². The smallest absolute Gasteiger partial charge is 0.145 e. The minimum absolute atomic E-state index is 0.0367. The third-order valence-electron chi connectivity index (χ3n) is 5.01. The summed E-state index contributed by atoms with van der Waals surface area (Å²) < 4.78 is 30.7. The van der Waals surface area contributed by atoms with E-state index in [0.29, 0.717) is 41.7 Å². The fourth-order valence-electron chi connectivity index (χ4n) is 3.54. The van der Waals surface area contributed by atoms with Crippen LogP contribution >= 0.6 is 11.6 Å². The topological polar surface area (TPSA) is 65.5 Å². The second-order valence-corrected chi connectivity index (χ2v) is 7.56. The summed E-state index contributed by atoms with van der Waals surface area (Å²) in [6, 6.07) is 8.14. The van der Waals surface area contributed by atoms with Crippen molar-refractivity contribution in [2.75, 3.05) is 25.6 Å². The van der Waals surface area contributed by atoms with Gasteiger partial charge in [0.15, 0.2) is 0 Å². The SMILES string of the molecule is COCCOc1cc(OC2CCCC2)c2c(Nc3ccc(F)c(Cl)c3)ncnc2c1. The molecule has 8 heteroatoms. The Balaban J connectivity index is 1.72. The number of rotatable bonds is 8. The molecule has 0 atom stereocenters. The highest BCUT2D eigenvalue weighted by Gasteiger charge is 2.20. The lowest BCUT2D eigenvalue weighted by Gasteiger charge is -2.18. The molecule has 30 heavy (non-hydrogen) atoms. The summed E-state index contributed by atoms with van der Waals surface area (Å²) >= 11 is 5.92. The Morgan fingerprint density at radius 3 is 2.73 bits per heavy atom. The van der Waals surface area contributed by atoms with Gasteiger partial charge in [-0.25, -0.2) is 14.4 Å². The molecule has 6 nitrogen and oxygen atoms in total. The fourth-order valence-corrected chi connectivity index (χ4v) is 3.72. The molecule has 0 aliphatic heterocycles. The average molecular weight is 432 g/mol. The predicted octanol–water partition coefficient (Wildman–Crippen LogP) is 5.51. The van der Waals surface area contributed by atoms with Crippen LogP contribution in [0, 0.1) is 5.82 Å².